The average molecular weight is 447 g/mol. The fourth-order valence-electron chi connectivity index (χ4n) is 2.95. The van der Waals surface area contributed by atoms with Crippen LogP contribution in [-0.4, -0.2) is 19.7 Å². The highest BCUT2D eigenvalue weighted by atomic mass is 32.2. The van der Waals surface area contributed by atoms with Crippen molar-refractivity contribution in [3.8, 4) is 0 Å². The van der Waals surface area contributed by atoms with E-state index in [4.69, 9.17) is 0 Å². The molecule has 2 aromatic carbocycles. The summed E-state index contributed by atoms with van der Waals surface area (Å²) in [5, 5.41) is 5.70. The molecule has 2 atom stereocenters. The summed E-state index contributed by atoms with van der Waals surface area (Å²) in [4.78, 5) is 17.2. The summed E-state index contributed by atoms with van der Waals surface area (Å²) in [5.74, 6) is -0.705. The van der Waals surface area contributed by atoms with Gasteiger partial charge < -0.3 is 14.6 Å². The van der Waals surface area contributed by atoms with Crippen LogP contribution in [0.2, 0.25) is 0 Å². The summed E-state index contributed by atoms with van der Waals surface area (Å²) in [6, 6.07) is 12.7. The van der Waals surface area contributed by atoms with E-state index in [0.29, 0.717) is 17.7 Å². The van der Waals surface area contributed by atoms with Gasteiger partial charge in [0.25, 0.3) is 0 Å². The minimum Gasteiger partial charge on any atom is -0.755 e. The molecule has 9 heteroatoms. The van der Waals surface area contributed by atoms with Gasteiger partial charge in [0.1, 0.15) is 10.8 Å². The molecule has 0 aliphatic heterocycles. The molecule has 0 saturated heterocycles. The van der Waals surface area contributed by atoms with Crippen molar-refractivity contribution < 1.29 is 17.9 Å². The molecular weight excluding hydrogens is 425 g/mol. The second-order valence-electron chi connectivity index (χ2n) is 6.66. The van der Waals surface area contributed by atoms with Gasteiger partial charge in [-0.15, -0.1) is 11.3 Å². The molecule has 158 valence electrons. The van der Waals surface area contributed by atoms with Crippen molar-refractivity contribution in [2.24, 2.45) is 0 Å². The van der Waals surface area contributed by atoms with Gasteiger partial charge in [-0.05, 0) is 42.2 Å². The maximum atomic E-state index is 13.9. The van der Waals surface area contributed by atoms with Crippen molar-refractivity contribution in [2.45, 2.75) is 32.2 Å². The van der Waals surface area contributed by atoms with E-state index < -0.39 is 17.1 Å². The number of carbonyl (C=O) groups is 1. The summed E-state index contributed by atoms with van der Waals surface area (Å²) < 4.78 is 37.7. The van der Waals surface area contributed by atoms with Gasteiger partial charge in [-0.3, -0.25) is 9.00 Å². The Morgan fingerprint density at radius 2 is 1.97 bits per heavy atom. The van der Waals surface area contributed by atoms with Crippen molar-refractivity contribution in [1.29, 1.82) is 0 Å². The van der Waals surface area contributed by atoms with Crippen molar-refractivity contribution in [2.75, 3.05) is 4.72 Å². The van der Waals surface area contributed by atoms with Gasteiger partial charge in [-0.25, -0.2) is 9.37 Å². The number of benzene rings is 2. The number of aryl methyl sites for hydroxylation is 1. The van der Waals surface area contributed by atoms with Gasteiger partial charge in [0.2, 0.25) is 5.91 Å². The Balaban J connectivity index is 1.75. The first-order valence-electron chi connectivity index (χ1n) is 9.36. The summed E-state index contributed by atoms with van der Waals surface area (Å²) in [5.41, 5.74) is 2.64. The molecule has 1 unspecified atom stereocenters. The number of hydrogen-bond acceptors (Lipinski definition) is 5. The van der Waals surface area contributed by atoms with Crippen LogP contribution < -0.4 is 10.0 Å². The molecule has 0 aliphatic carbocycles. The molecule has 3 aromatic rings. The molecule has 0 saturated carbocycles. The van der Waals surface area contributed by atoms with Crippen LogP contribution in [0.15, 0.2) is 53.9 Å². The Labute approximate surface area is 181 Å². The molecule has 2 N–H and O–H groups in total. The van der Waals surface area contributed by atoms with Crippen LogP contribution in [0.4, 0.5) is 10.1 Å². The third-order valence-electron chi connectivity index (χ3n) is 4.47. The van der Waals surface area contributed by atoms with Crippen molar-refractivity contribution in [3.63, 3.8) is 0 Å². The molecule has 6 nitrogen and oxygen atoms in total. The molecular formula is C21H21FN3O3S2-. The van der Waals surface area contributed by atoms with Crippen LogP contribution in [0.3, 0.4) is 0 Å². The normalized spacial score (nSPS) is 12.9. The van der Waals surface area contributed by atoms with E-state index in [1.165, 1.54) is 17.4 Å². The number of nitrogens with one attached hydrogen (secondary N) is 2. The standard InChI is InChI=1S/C21H22FN3O3S2/c1-2-16-13-29-21(23-16)19(11-14-7-9-17(10-8-14)25-30(27)28)24-20(26)12-15-5-3-4-6-18(15)22/h3-10,13,19,25H,2,11-12H2,1H3,(H,24,26)(H,27,28)/p-1/t19-/m0/s1. The van der Waals surface area contributed by atoms with E-state index >= 15 is 0 Å². The molecule has 0 radical (unpaired) electrons. The summed E-state index contributed by atoms with van der Waals surface area (Å²) in [6.07, 6.45) is 1.20. The number of halogens is 1. The topological polar surface area (TPSA) is 94.1 Å². The van der Waals surface area contributed by atoms with E-state index in [2.05, 4.69) is 15.0 Å². The number of thiazole rings is 1. The van der Waals surface area contributed by atoms with Gasteiger partial charge in [0.15, 0.2) is 0 Å². The van der Waals surface area contributed by atoms with Crippen LogP contribution in [0.25, 0.3) is 0 Å². The largest absolute Gasteiger partial charge is 0.755 e. The molecule has 1 heterocycles. The predicted octanol–water partition coefficient (Wildman–Crippen LogP) is 3.69. The van der Waals surface area contributed by atoms with Gasteiger partial charge in [0, 0.05) is 22.3 Å². The van der Waals surface area contributed by atoms with E-state index in [1.54, 1.807) is 42.5 Å². The number of anilines is 1. The van der Waals surface area contributed by atoms with E-state index in [0.717, 1.165) is 22.7 Å². The molecule has 1 amide bonds. The zero-order chi connectivity index (χ0) is 21.5. The second-order valence-corrected chi connectivity index (χ2v) is 8.22. The fraction of sp³-hybridized carbons (Fsp3) is 0.238. The van der Waals surface area contributed by atoms with E-state index in [9.17, 15) is 17.9 Å². The first-order chi connectivity index (χ1) is 14.4. The molecule has 0 bridgehead atoms. The lowest BCUT2D eigenvalue weighted by Crippen LogP contribution is -2.31. The third kappa shape index (κ3) is 6.19. The molecule has 0 spiro atoms. The maximum absolute atomic E-state index is 13.9. The Kier molecular flexibility index (Phi) is 7.67. The predicted molar refractivity (Wildman–Crippen MR) is 115 cm³/mol. The lowest BCUT2D eigenvalue weighted by molar-refractivity contribution is -0.121. The summed E-state index contributed by atoms with van der Waals surface area (Å²) in [7, 11) is 0. The quantitative estimate of drug-likeness (QED) is 0.490. The van der Waals surface area contributed by atoms with Crippen molar-refractivity contribution in [1.82, 2.24) is 10.3 Å². The molecule has 0 fully saturated rings. The van der Waals surface area contributed by atoms with Gasteiger partial charge in [-0.2, -0.15) is 0 Å². The SMILES string of the molecule is CCc1csc([C@H](Cc2ccc(NS(=O)[O-])cc2)NC(=O)Cc2ccccc2F)n1. The number of rotatable bonds is 9. The minimum atomic E-state index is -2.39. The lowest BCUT2D eigenvalue weighted by atomic mass is 10.0. The molecule has 3 rings (SSSR count). The summed E-state index contributed by atoms with van der Waals surface area (Å²) in [6.45, 7) is 2.01. The third-order valence-corrected chi connectivity index (χ3v) is 5.88. The zero-order valence-electron chi connectivity index (χ0n) is 16.3. The number of carbonyl (C=O) groups excluding carboxylic acids is 1. The van der Waals surface area contributed by atoms with Crippen LogP contribution in [0, 0.1) is 5.82 Å². The van der Waals surface area contributed by atoms with Crippen molar-refractivity contribution >= 4 is 34.2 Å². The number of nitrogens with zero attached hydrogens (tertiary/aromatic N) is 1. The Morgan fingerprint density at radius 3 is 2.60 bits per heavy atom. The smallest absolute Gasteiger partial charge is 0.225 e. The Hall–Kier alpha value is -2.62. The van der Waals surface area contributed by atoms with Crippen LogP contribution in [0.1, 0.15) is 34.8 Å². The van der Waals surface area contributed by atoms with Crippen LogP contribution >= 0.6 is 11.3 Å². The van der Waals surface area contributed by atoms with Gasteiger partial charge >= 0.3 is 0 Å². The first kappa shape index (κ1) is 22.1. The van der Waals surface area contributed by atoms with Crippen molar-refractivity contribution in [3.05, 3.63) is 81.6 Å². The minimum absolute atomic E-state index is 0.0621. The second kappa shape index (κ2) is 10.4. The van der Waals surface area contributed by atoms with Gasteiger partial charge in [0.05, 0.1) is 18.2 Å². The maximum Gasteiger partial charge on any atom is 0.225 e. The number of aromatic nitrogens is 1. The number of amides is 1. The van der Waals surface area contributed by atoms with E-state index in [1.807, 2.05) is 12.3 Å². The molecule has 30 heavy (non-hydrogen) atoms. The number of hydrogen-bond donors (Lipinski definition) is 2. The first-order valence-corrected chi connectivity index (χ1v) is 11.3. The Bertz CT molecular complexity index is 1020. The molecule has 0 aliphatic rings. The Morgan fingerprint density at radius 1 is 1.23 bits per heavy atom. The van der Waals surface area contributed by atoms with Crippen LogP contribution in [0.5, 0.6) is 0 Å². The average Bonchev–Trinajstić information content (AvgIpc) is 3.19. The summed E-state index contributed by atoms with van der Waals surface area (Å²) >= 11 is -0.917. The van der Waals surface area contributed by atoms with Crippen LogP contribution in [-0.2, 0) is 35.3 Å². The van der Waals surface area contributed by atoms with E-state index in [-0.39, 0.29) is 18.4 Å². The lowest BCUT2D eigenvalue weighted by Gasteiger charge is -2.18. The zero-order valence-corrected chi connectivity index (χ0v) is 17.9. The monoisotopic (exact) mass is 446 g/mol. The van der Waals surface area contributed by atoms with Gasteiger partial charge in [-0.1, -0.05) is 37.3 Å². The highest BCUT2D eigenvalue weighted by Gasteiger charge is 2.20. The fourth-order valence-corrected chi connectivity index (χ4v) is 4.23. The molecule has 1 aromatic heterocycles. The highest BCUT2D eigenvalue weighted by molar-refractivity contribution is 7.80. The highest BCUT2D eigenvalue weighted by Crippen LogP contribution is 2.24.